The number of rotatable bonds is 7. The van der Waals surface area contributed by atoms with Crippen molar-refractivity contribution in [1.82, 2.24) is 14.1 Å². The van der Waals surface area contributed by atoms with Gasteiger partial charge in [-0.25, -0.2) is 9.78 Å². The third-order valence-corrected chi connectivity index (χ3v) is 7.93. The molecule has 41 heavy (non-hydrogen) atoms. The van der Waals surface area contributed by atoms with Gasteiger partial charge in [-0.05, 0) is 43.9 Å². The maximum atomic E-state index is 13.2. The van der Waals surface area contributed by atoms with Gasteiger partial charge in [0.1, 0.15) is 5.56 Å². The van der Waals surface area contributed by atoms with Crippen LogP contribution in [0.15, 0.2) is 58.3 Å². The SMILES string of the molecule is COc1nc(-c2cccc(-c3cccc(NC(=O)c4cn(C[C@H](C)O)c(=O)n(C)c4=O)c3Cl)c2Cl)cc2c1CCC2. The highest BCUT2D eigenvalue weighted by Gasteiger charge is 2.22. The number of anilines is 1. The Hall–Kier alpha value is -3.92. The maximum Gasteiger partial charge on any atom is 0.330 e. The fourth-order valence-corrected chi connectivity index (χ4v) is 5.71. The van der Waals surface area contributed by atoms with Crippen LogP contribution in [0.4, 0.5) is 5.69 Å². The smallest absolute Gasteiger partial charge is 0.330 e. The summed E-state index contributed by atoms with van der Waals surface area (Å²) in [4.78, 5) is 43.0. The van der Waals surface area contributed by atoms with Crippen molar-refractivity contribution in [3.63, 3.8) is 0 Å². The van der Waals surface area contributed by atoms with E-state index in [0.29, 0.717) is 33.3 Å². The van der Waals surface area contributed by atoms with Crippen LogP contribution in [0, 0.1) is 0 Å². The molecular formula is C30H28Cl2N4O5. The van der Waals surface area contributed by atoms with Crippen molar-refractivity contribution in [2.24, 2.45) is 7.05 Å². The van der Waals surface area contributed by atoms with Crippen LogP contribution >= 0.6 is 23.2 Å². The number of methoxy groups -OCH3 is 1. The summed E-state index contributed by atoms with van der Waals surface area (Å²) in [5.74, 6) is -0.150. The zero-order valence-corrected chi connectivity index (χ0v) is 24.2. The van der Waals surface area contributed by atoms with Crippen molar-refractivity contribution < 1.29 is 14.6 Å². The molecule has 0 unspecified atom stereocenters. The van der Waals surface area contributed by atoms with Crippen molar-refractivity contribution >= 4 is 34.8 Å². The Kier molecular flexibility index (Phi) is 8.04. The van der Waals surface area contributed by atoms with E-state index in [2.05, 4.69) is 5.32 Å². The van der Waals surface area contributed by atoms with E-state index in [-0.39, 0.29) is 22.8 Å². The van der Waals surface area contributed by atoms with Gasteiger partial charge >= 0.3 is 5.69 Å². The minimum Gasteiger partial charge on any atom is -0.481 e. The first kappa shape index (κ1) is 28.6. The highest BCUT2D eigenvalue weighted by atomic mass is 35.5. The topological polar surface area (TPSA) is 115 Å². The molecule has 0 saturated heterocycles. The van der Waals surface area contributed by atoms with E-state index in [4.69, 9.17) is 32.9 Å². The van der Waals surface area contributed by atoms with Gasteiger partial charge in [-0.3, -0.25) is 18.7 Å². The third-order valence-electron chi connectivity index (χ3n) is 7.11. The van der Waals surface area contributed by atoms with Gasteiger partial charge in [0.2, 0.25) is 5.88 Å². The number of hydrogen-bond acceptors (Lipinski definition) is 6. The maximum absolute atomic E-state index is 13.2. The molecule has 0 fully saturated rings. The van der Waals surface area contributed by atoms with Crippen LogP contribution in [0.1, 0.15) is 34.8 Å². The molecule has 1 aliphatic carbocycles. The number of benzene rings is 2. The van der Waals surface area contributed by atoms with E-state index in [1.807, 2.05) is 24.3 Å². The van der Waals surface area contributed by atoms with Crippen LogP contribution in [0.2, 0.25) is 10.0 Å². The normalized spacial score (nSPS) is 13.1. The summed E-state index contributed by atoms with van der Waals surface area (Å²) >= 11 is 13.7. The summed E-state index contributed by atoms with van der Waals surface area (Å²) in [5, 5.41) is 13.1. The second-order valence-corrected chi connectivity index (χ2v) is 10.7. The van der Waals surface area contributed by atoms with Gasteiger partial charge in [0.05, 0.1) is 41.2 Å². The van der Waals surface area contributed by atoms with E-state index in [1.165, 1.54) is 19.5 Å². The molecular weight excluding hydrogens is 567 g/mol. The number of aryl methyl sites for hydroxylation is 1. The van der Waals surface area contributed by atoms with Crippen molar-refractivity contribution in [3.8, 4) is 28.3 Å². The van der Waals surface area contributed by atoms with Crippen molar-refractivity contribution in [2.75, 3.05) is 12.4 Å². The summed E-state index contributed by atoms with van der Waals surface area (Å²) < 4.78 is 7.50. The Labute approximate surface area is 246 Å². The first-order valence-electron chi connectivity index (χ1n) is 13.0. The summed E-state index contributed by atoms with van der Waals surface area (Å²) in [6.45, 7) is 1.42. The summed E-state index contributed by atoms with van der Waals surface area (Å²) in [5.41, 5.74) is 3.50. The summed E-state index contributed by atoms with van der Waals surface area (Å²) in [6, 6.07) is 12.7. The quantitative estimate of drug-likeness (QED) is 0.320. The van der Waals surface area contributed by atoms with Gasteiger partial charge < -0.3 is 15.2 Å². The molecule has 5 rings (SSSR count). The molecule has 9 nitrogen and oxygen atoms in total. The van der Waals surface area contributed by atoms with Gasteiger partial charge in [-0.15, -0.1) is 0 Å². The Bertz CT molecular complexity index is 1800. The lowest BCUT2D eigenvalue weighted by Gasteiger charge is -2.16. The predicted octanol–water partition coefficient (Wildman–Crippen LogP) is 4.71. The number of amides is 1. The van der Waals surface area contributed by atoms with Crippen molar-refractivity contribution in [2.45, 2.75) is 38.8 Å². The molecule has 0 aliphatic heterocycles. The van der Waals surface area contributed by atoms with Crippen LogP contribution in [-0.4, -0.2) is 38.3 Å². The molecule has 1 amide bonds. The summed E-state index contributed by atoms with van der Waals surface area (Å²) in [6.07, 6.45) is 3.21. The first-order valence-corrected chi connectivity index (χ1v) is 13.8. The molecule has 2 aromatic carbocycles. The number of aromatic nitrogens is 3. The Morgan fingerprint density at radius 1 is 1.10 bits per heavy atom. The molecule has 0 spiro atoms. The molecule has 2 heterocycles. The van der Waals surface area contributed by atoms with Crippen molar-refractivity contribution in [1.29, 1.82) is 0 Å². The first-order chi connectivity index (χ1) is 19.6. The largest absolute Gasteiger partial charge is 0.481 e. The van der Waals surface area contributed by atoms with E-state index < -0.39 is 23.3 Å². The molecule has 2 N–H and O–H groups in total. The van der Waals surface area contributed by atoms with Crippen LogP contribution in [0.3, 0.4) is 0 Å². The van der Waals surface area contributed by atoms with Crippen molar-refractivity contribution in [3.05, 3.63) is 96.2 Å². The lowest BCUT2D eigenvalue weighted by Crippen LogP contribution is -2.42. The molecule has 1 atom stereocenters. The Morgan fingerprint density at radius 2 is 1.78 bits per heavy atom. The molecule has 0 saturated carbocycles. The number of pyridine rings is 1. The van der Waals surface area contributed by atoms with Gasteiger partial charge in [0.15, 0.2) is 0 Å². The number of nitrogens with one attached hydrogen (secondary N) is 1. The number of carbonyl (C=O) groups is 1. The number of aliphatic hydroxyl groups excluding tert-OH is 1. The number of ether oxygens (including phenoxy) is 1. The van der Waals surface area contributed by atoms with Crippen LogP contribution in [0.25, 0.3) is 22.4 Å². The molecule has 1 aliphatic rings. The standard InChI is InChI=1S/C30H28Cl2N4O5/c1-16(37)14-36-15-22(29(39)35(2)30(36)40)27(38)33-23-12-6-10-20(26(23)32)19-9-5-11-21(25(19)31)24-13-17-7-4-8-18(17)28(34-24)41-3/h5-6,9-13,15-16,37H,4,7-8,14H2,1-3H3,(H,33,38)/t16-/m0/s1. The molecule has 2 aromatic heterocycles. The molecule has 11 heteroatoms. The predicted molar refractivity (Wildman–Crippen MR) is 159 cm³/mol. The number of hydrogen-bond donors (Lipinski definition) is 2. The van der Waals surface area contributed by atoms with Gasteiger partial charge in [0, 0.05) is 35.5 Å². The average molecular weight is 595 g/mol. The second-order valence-electron chi connectivity index (χ2n) is 9.99. The molecule has 0 radical (unpaired) electrons. The lowest BCUT2D eigenvalue weighted by atomic mass is 9.99. The van der Waals surface area contributed by atoms with Gasteiger partial charge in [-0.1, -0.05) is 53.5 Å². The van der Waals surface area contributed by atoms with E-state index in [1.54, 1.807) is 25.3 Å². The number of carbonyl (C=O) groups excluding carboxylic acids is 1. The number of aliphatic hydroxyl groups is 1. The van der Waals surface area contributed by atoms with E-state index in [0.717, 1.165) is 40.2 Å². The zero-order valence-electron chi connectivity index (χ0n) is 22.7. The van der Waals surface area contributed by atoms with E-state index in [9.17, 15) is 19.5 Å². The third kappa shape index (κ3) is 5.40. The monoisotopic (exact) mass is 594 g/mol. The molecule has 4 aromatic rings. The van der Waals surface area contributed by atoms with E-state index >= 15 is 0 Å². The number of fused-ring (bicyclic) bond motifs is 1. The van der Waals surface area contributed by atoms with Gasteiger partial charge in [-0.2, -0.15) is 0 Å². The van der Waals surface area contributed by atoms with Crippen LogP contribution in [-0.2, 0) is 26.4 Å². The zero-order chi connectivity index (χ0) is 29.4. The fraction of sp³-hybridized carbons (Fsp3) is 0.267. The number of nitrogens with zero attached hydrogens (tertiary/aromatic N) is 3. The van der Waals surface area contributed by atoms with Gasteiger partial charge in [0.25, 0.3) is 11.5 Å². The highest BCUT2D eigenvalue weighted by molar-refractivity contribution is 6.39. The molecule has 0 bridgehead atoms. The number of halogens is 2. The fourth-order valence-electron chi connectivity index (χ4n) is 5.11. The minimum absolute atomic E-state index is 0.0801. The summed E-state index contributed by atoms with van der Waals surface area (Å²) in [7, 11) is 2.88. The lowest BCUT2D eigenvalue weighted by molar-refractivity contribution is 0.102. The Morgan fingerprint density at radius 3 is 2.49 bits per heavy atom. The Balaban J connectivity index is 1.51. The average Bonchev–Trinajstić information content (AvgIpc) is 3.43. The van der Waals surface area contributed by atoms with Crippen LogP contribution in [0.5, 0.6) is 5.88 Å². The second kappa shape index (κ2) is 11.5. The van der Waals surface area contributed by atoms with Crippen LogP contribution < -0.4 is 21.3 Å². The molecule has 212 valence electrons. The minimum atomic E-state index is -0.860. The highest BCUT2D eigenvalue weighted by Crippen LogP contribution is 2.42.